The second kappa shape index (κ2) is 4.81. The molecule has 0 N–H and O–H groups in total. The molecule has 0 fully saturated rings. The number of carbonyl (C=O) groups is 2. The van der Waals surface area contributed by atoms with E-state index in [1.807, 2.05) is 0 Å². The van der Waals surface area contributed by atoms with Crippen molar-refractivity contribution in [2.75, 3.05) is 11.4 Å². The summed E-state index contributed by atoms with van der Waals surface area (Å²) in [6.45, 7) is 1.90. The first kappa shape index (κ1) is 13.2. The van der Waals surface area contributed by atoms with Gasteiger partial charge in [0.15, 0.2) is 0 Å². The van der Waals surface area contributed by atoms with Crippen LogP contribution in [-0.4, -0.2) is 23.2 Å². The summed E-state index contributed by atoms with van der Waals surface area (Å²) in [5.41, 5.74) is 2.24. The molecule has 0 bridgehead atoms. The van der Waals surface area contributed by atoms with Crippen molar-refractivity contribution in [1.82, 2.24) is 0 Å². The molecule has 6 nitrogen and oxygen atoms in total. The number of hydrogen-bond donors (Lipinski definition) is 0. The van der Waals surface area contributed by atoms with Gasteiger partial charge in [0.1, 0.15) is 0 Å². The Morgan fingerprint density at radius 3 is 2.74 bits per heavy atom. The molecule has 0 aliphatic carbocycles. The standard InChI is InChI=1S/C12H9ClN2O4/c1-7(5-13)6-14-10-3-2-8(15(18)19)4-9(10)11(16)12(14)17/h2-5H,6H2,1H3/b7-5-. The average molecular weight is 281 g/mol. The number of rotatable bonds is 3. The smallest absolute Gasteiger partial charge is 0.299 e. The molecule has 1 heterocycles. The SMILES string of the molecule is C/C(=C/Cl)CN1C(=O)C(=O)c2cc([N+](=O)[O-])ccc21. The Bertz CT molecular complexity index is 624. The molecule has 98 valence electrons. The Morgan fingerprint density at radius 1 is 1.47 bits per heavy atom. The van der Waals surface area contributed by atoms with Gasteiger partial charge in [0.25, 0.3) is 17.4 Å². The number of benzene rings is 1. The minimum Gasteiger partial charge on any atom is -0.301 e. The number of Topliss-reactive ketones (excluding diaryl/α,β-unsaturated/α-hetero) is 1. The highest BCUT2D eigenvalue weighted by molar-refractivity contribution is 6.52. The predicted molar refractivity (Wildman–Crippen MR) is 69.4 cm³/mol. The molecule has 1 aromatic rings. The first-order valence-electron chi connectivity index (χ1n) is 5.36. The van der Waals surface area contributed by atoms with Gasteiger partial charge in [0.05, 0.1) is 16.2 Å². The molecule has 0 spiro atoms. The lowest BCUT2D eigenvalue weighted by atomic mass is 10.1. The van der Waals surface area contributed by atoms with Crippen molar-refractivity contribution < 1.29 is 14.5 Å². The molecule has 0 aromatic heterocycles. The molecule has 0 saturated carbocycles. The number of nitrogens with zero attached hydrogens (tertiary/aromatic N) is 2. The van der Waals surface area contributed by atoms with Crippen LogP contribution in [0, 0.1) is 10.1 Å². The Morgan fingerprint density at radius 2 is 2.16 bits per heavy atom. The number of carbonyl (C=O) groups excluding carboxylic acids is 2. The van der Waals surface area contributed by atoms with Gasteiger partial charge in [-0.2, -0.15) is 0 Å². The van der Waals surface area contributed by atoms with Crippen molar-refractivity contribution in [3.63, 3.8) is 0 Å². The van der Waals surface area contributed by atoms with Crippen molar-refractivity contribution in [2.24, 2.45) is 0 Å². The molecule has 7 heteroatoms. The van der Waals surface area contributed by atoms with E-state index in [9.17, 15) is 19.7 Å². The number of amides is 1. The van der Waals surface area contributed by atoms with Crippen LogP contribution in [0.3, 0.4) is 0 Å². The van der Waals surface area contributed by atoms with Crippen LogP contribution in [0.15, 0.2) is 29.3 Å². The number of fused-ring (bicyclic) bond motifs is 1. The maximum absolute atomic E-state index is 11.8. The van der Waals surface area contributed by atoms with E-state index in [0.717, 1.165) is 6.07 Å². The Hall–Kier alpha value is -2.21. The summed E-state index contributed by atoms with van der Waals surface area (Å²) in [6.07, 6.45) is 0. The summed E-state index contributed by atoms with van der Waals surface area (Å²) < 4.78 is 0. The minimum atomic E-state index is -0.735. The Balaban J connectivity index is 2.47. The van der Waals surface area contributed by atoms with Gasteiger partial charge in [-0.3, -0.25) is 19.7 Å². The molecule has 0 atom stereocenters. The molecular formula is C12H9ClN2O4. The first-order chi connectivity index (χ1) is 8.95. The second-order valence-electron chi connectivity index (χ2n) is 4.13. The molecule has 1 aromatic carbocycles. The summed E-state index contributed by atoms with van der Waals surface area (Å²) in [6, 6.07) is 3.78. The molecule has 1 aliphatic heterocycles. The first-order valence-corrected chi connectivity index (χ1v) is 5.80. The largest absolute Gasteiger partial charge is 0.301 e. The summed E-state index contributed by atoms with van der Waals surface area (Å²) in [5.74, 6) is -1.44. The number of ketones is 1. The zero-order chi connectivity index (χ0) is 14.2. The molecule has 0 saturated heterocycles. The minimum absolute atomic E-state index is 0.0570. The molecule has 1 amide bonds. The van der Waals surface area contributed by atoms with Crippen LogP contribution < -0.4 is 4.90 Å². The molecule has 1 aliphatic rings. The average Bonchev–Trinajstić information content (AvgIpc) is 2.63. The lowest BCUT2D eigenvalue weighted by Gasteiger charge is -2.16. The van der Waals surface area contributed by atoms with E-state index in [2.05, 4.69) is 0 Å². The number of nitro benzene ring substituents is 1. The molecule has 0 radical (unpaired) electrons. The fourth-order valence-corrected chi connectivity index (χ4v) is 1.91. The van der Waals surface area contributed by atoms with Gasteiger partial charge >= 0.3 is 0 Å². The van der Waals surface area contributed by atoms with Crippen molar-refractivity contribution in [3.8, 4) is 0 Å². The predicted octanol–water partition coefficient (Wildman–Crippen LogP) is 2.27. The van der Waals surface area contributed by atoms with Crippen LogP contribution in [0.25, 0.3) is 0 Å². The topological polar surface area (TPSA) is 80.5 Å². The number of anilines is 1. The van der Waals surface area contributed by atoms with E-state index in [-0.39, 0.29) is 17.8 Å². The van der Waals surface area contributed by atoms with E-state index < -0.39 is 16.6 Å². The fraction of sp³-hybridized carbons (Fsp3) is 0.167. The zero-order valence-corrected chi connectivity index (χ0v) is 10.7. The second-order valence-corrected chi connectivity index (χ2v) is 4.35. The summed E-state index contributed by atoms with van der Waals surface area (Å²) in [5, 5.41) is 10.7. The van der Waals surface area contributed by atoms with E-state index in [1.54, 1.807) is 6.92 Å². The van der Waals surface area contributed by atoms with Gasteiger partial charge in [-0.15, -0.1) is 0 Å². The highest BCUT2D eigenvalue weighted by Gasteiger charge is 2.36. The van der Waals surface area contributed by atoms with Crippen molar-refractivity contribution in [1.29, 1.82) is 0 Å². The molecule has 2 rings (SSSR count). The number of nitro groups is 1. The Kier molecular flexibility index (Phi) is 3.35. The molecule has 0 unspecified atom stereocenters. The van der Waals surface area contributed by atoms with Crippen molar-refractivity contribution >= 4 is 34.7 Å². The van der Waals surface area contributed by atoms with E-state index in [0.29, 0.717) is 11.3 Å². The van der Waals surface area contributed by atoms with Gasteiger partial charge in [0.2, 0.25) is 0 Å². The van der Waals surface area contributed by atoms with Crippen LogP contribution in [0.2, 0.25) is 0 Å². The van der Waals surface area contributed by atoms with Crippen LogP contribution in [0.4, 0.5) is 11.4 Å². The zero-order valence-electron chi connectivity index (χ0n) is 9.92. The third-order valence-electron chi connectivity index (χ3n) is 2.76. The highest BCUT2D eigenvalue weighted by atomic mass is 35.5. The van der Waals surface area contributed by atoms with Gasteiger partial charge in [-0.25, -0.2) is 0 Å². The molecule has 19 heavy (non-hydrogen) atoms. The van der Waals surface area contributed by atoms with E-state index >= 15 is 0 Å². The maximum Gasteiger partial charge on any atom is 0.299 e. The van der Waals surface area contributed by atoms with Gasteiger partial charge in [-0.1, -0.05) is 11.6 Å². The fourth-order valence-electron chi connectivity index (χ4n) is 1.84. The number of hydrogen-bond acceptors (Lipinski definition) is 4. The summed E-state index contributed by atoms with van der Waals surface area (Å²) in [7, 11) is 0. The van der Waals surface area contributed by atoms with Crippen LogP contribution >= 0.6 is 11.6 Å². The third-order valence-corrected chi connectivity index (χ3v) is 3.13. The van der Waals surface area contributed by atoms with Crippen LogP contribution in [-0.2, 0) is 4.79 Å². The number of halogens is 1. The summed E-state index contributed by atoms with van der Waals surface area (Å²) >= 11 is 5.53. The quantitative estimate of drug-likeness (QED) is 0.483. The van der Waals surface area contributed by atoms with Gasteiger partial charge in [-0.05, 0) is 18.6 Å². The van der Waals surface area contributed by atoms with Crippen molar-refractivity contribution in [3.05, 3.63) is 45.0 Å². The summed E-state index contributed by atoms with van der Waals surface area (Å²) in [4.78, 5) is 34.9. The Labute approximate surface area is 113 Å². The van der Waals surface area contributed by atoms with Gasteiger partial charge in [0, 0.05) is 24.2 Å². The maximum atomic E-state index is 11.8. The normalized spacial score (nSPS) is 14.8. The third kappa shape index (κ3) is 2.22. The van der Waals surface area contributed by atoms with Gasteiger partial charge < -0.3 is 4.90 Å². The van der Waals surface area contributed by atoms with Crippen LogP contribution in [0.1, 0.15) is 17.3 Å². The lowest BCUT2D eigenvalue weighted by molar-refractivity contribution is -0.384. The van der Waals surface area contributed by atoms with E-state index in [1.165, 1.54) is 22.6 Å². The van der Waals surface area contributed by atoms with Crippen molar-refractivity contribution in [2.45, 2.75) is 6.92 Å². The monoisotopic (exact) mass is 280 g/mol. The molecular weight excluding hydrogens is 272 g/mol. The highest BCUT2D eigenvalue weighted by Crippen LogP contribution is 2.32. The number of non-ortho nitro benzene ring substituents is 1. The van der Waals surface area contributed by atoms with E-state index in [4.69, 9.17) is 11.6 Å². The van der Waals surface area contributed by atoms with Crippen LogP contribution in [0.5, 0.6) is 0 Å². The lowest BCUT2D eigenvalue weighted by Crippen LogP contribution is -2.31.